The van der Waals surface area contributed by atoms with Gasteiger partial charge >= 0.3 is 6.09 Å². The summed E-state index contributed by atoms with van der Waals surface area (Å²) in [6.45, 7) is 5.41. The van der Waals surface area contributed by atoms with Crippen LogP contribution in [-0.2, 0) is 4.74 Å². The number of halogens is 1. The van der Waals surface area contributed by atoms with Crippen LogP contribution in [0.3, 0.4) is 0 Å². The normalized spacial score (nSPS) is 10.9. The number of hydrogen-bond donors (Lipinski definition) is 1. The molecule has 0 saturated heterocycles. The Bertz CT molecular complexity index is 343. The number of ether oxygens (including phenoxy) is 1. The lowest BCUT2D eigenvalue weighted by molar-refractivity contribution is -0.642. The molecule has 0 aliphatic carbocycles. The van der Waals surface area contributed by atoms with Gasteiger partial charge in [-0.15, -0.1) is 0 Å². The van der Waals surface area contributed by atoms with Crippen molar-refractivity contribution in [2.45, 2.75) is 26.4 Å². The summed E-state index contributed by atoms with van der Waals surface area (Å²) >= 11 is 5.70. The Kier molecular flexibility index (Phi) is 3.52. The van der Waals surface area contributed by atoms with Gasteiger partial charge in [-0.3, -0.25) is 0 Å². The molecule has 0 saturated carbocycles. The molecule has 1 amide bonds. The highest BCUT2D eigenvalue weighted by Gasteiger charge is 2.18. The third-order valence-corrected chi connectivity index (χ3v) is 1.66. The van der Waals surface area contributed by atoms with Crippen molar-refractivity contribution in [1.82, 2.24) is 0 Å². The summed E-state index contributed by atoms with van der Waals surface area (Å²) in [7, 11) is 0. The molecule has 1 heterocycles. The molecule has 0 bridgehead atoms. The molecule has 1 aromatic heterocycles. The number of rotatable bonds is 1. The van der Waals surface area contributed by atoms with Gasteiger partial charge in [-0.2, -0.15) is 0 Å². The highest BCUT2D eigenvalue weighted by Crippen LogP contribution is 2.06. The van der Waals surface area contributed by atoms with Crippen molar-refractivity contribution in [1.29, 1.82) is 0 Å². The summed E-state index contributed by atoms with van der Waals surface area (Å²) in [6.07, 6.45) is 2.76. The van der Waals surface area contributed by atoms with Crippen molar-refractivity contribution < 1.29 is 14.2 Å². The number of nitrogens with one attached hydrogen (secondary N) is 1. The molecule has 15 heavy (non-hydrogen) atoms. The molecule has 0 radical (unpaired) electrons. The molecule has 0 atom stereocenters. The van der Waals surface area contributed by atoms with E-state index in [2.05, 4.69) is 5.43 Å². The van der Waals surface area contributed by atoms with Gasteiger partial charge in [0.25, 0.3) is 0 Å². The van der Waals surface area contributed by atoms with Crippen molar-refractivity contribution in [3.05, 3.63) is 29.5 Å². The summed E-state index contributed by atoms with van der Waals surface area (Å²) in [5.41, 5.74) is 2.02. The Morgan fingerprint density at radius 3 is 2.40 bits per heavy atom. The topological polar surface area (TPSA) is 42.2 Å². The van der Waals surface area contributed by atoms with Gasteiger partial charge in [0, 0.05) is 12.1 Å². The summed E-state index contributed by atoms with van der Waals surface area (Å²) in [6, 6.07) is 3.33. The van der Waals surface area contributed by atoms with E-state index in [4.69, 9.17) is 16.3 Å². The zero-order valence-corrected chi connectivity index (χ0v) is 9.71. The SMILES string of the molecule is CC(C)(C)OC(=O)N[n+]1ccc(Cl)cc1. The molecule has 4 nitrogen and oxygen atoms in total. The van der Waals surface area contributed by atoms with Gasteiger partial charge in [0.2, 0.25) is 12.4 Å². The third-order valence-electron chi connectivity index (χ3n) is 1.41. The summed E-state index contributed by atoms with van der Waals surface area (Å²) in [5, 5.41) is 0.609. The van der Waals surface area contributed by atoms with E-state index in [0.29, 0.717) is 5.02 Å². The number of hydrogen-bond acceptors (Lipinski definition) is 2. The van der Waals surface area contributed by atoms with Crippen molar-refractivity contribution in [2.75, 3.05) is 5.43 Å². The van der Waals surface area contributed by atoms with E-state index in [1.54, 1.807) is 45.3 Å². The maximum Gasteiger partial charge on any atom is 0.461 e. The second-order valence-corrected chi connectivity index (χ2v) is 4.47. The highest BCUT2D eigenvalue weighted by molar-refractivity contribution is 6.30. The van der Waals surface area contributed by atoms with E-state index in [9.17, 15) is 4.79 Å². The predicted molar refractivity (Wildman–Crippen MR) is 57.2 cm³/mol. The van der Waals surface area contributed by atoms with Crippen LogP contribution >= 0.6 is 11.6 Å². The quantitative estimate of drug-likeness (QED) is 0.750. The highest BCUT2D eigenvalue weighted by atomic mass is 35.5. The molecule has 0 unspecified atom stereocenters. The molecule has 0 aromatic carbocycles. The van der Waals surface area contributed by atoms with Gasteiger partial charge in [-0.05, 0) is 20.8 Å². The van der Waals surface area contributed by atoms with E-state index in [0.717, 1.165) is 0 Å². The number of carbonyl (C=O) groups is 1. The first-order valence-corrected chi connectivity index (χ1v) is 4.91. The Labute approximate surface area is 93.8 Å². The number of pyridine rings is 1. The number of aromatic nitrogens is 1. The van der Waals surface area contributed by atoms with E-state index in [1.165, 1.54) is 4.68 Å². The number of carbonyl (C=O) groups excluding carboxylic acids is 1. The molecular weight excluding hydrogens is 216 g/mol. The molecule has 1 aromatic rings. The second-order valence-electron chi connectivity index (χ2n) is 4.04. The zero-order chi connectivity index (χ0) is 11.5. The fourth-order valence-corrected chi connectivity index (χ4v) is 1.00. The largest absolute Gasteiger partial charge is 0.461 e. The van der Waals surface area contributed by atoms with Crippen LogP contribution in [0.5, 0.6) is 0 Å². The Balaban J connectivity index is 2.55. The lowest BCUT2D eigenvalue weighted by Crippen LogP contribution is -2.49. The van der Waals surface area contributed by atoms with Crippen molar-refractivity contribution >= 4 is 17.7 Å². The molecule has 0 fully saturated rings. The molecule has 0 aliphatic rings. The maximum atomic E-state index is 11.3. The van der Waals surface area contributed by atoms with Crippen LogP contribution < -0.4 is 10.1 Å². The van der Waals surface area contributed by atoms with Gasteiger partial charge in [-0.1, -0.05) is 21.7 Å². The van der Waals surface area contributed by atoms with Crippen LogP contribution in [0.25, 0.3) is 0 Å². The smallest absolute Gasteiger partial charge is 0.440 e. The summed E-state index contributed by atoms with van der Waals surface area (Å²) in [5.74, 6) is 0. The summed E-state index contributed by atoms with van der Waals surface area (Å²) in [4.78, 5) is 11.3. The number of nitrogens with zero attached hydrogens (tertiary/aromatic N) is 1. The average molecular weight is 230 g/mol. The molecule has 82 valence electrons. The third kappa shape index (κ3) is 4.65. The lowest BCUT2D eigenvalue weighted by Gasteiger charge is -2.17. The Morgan fingerprint density at radius 2 is 1.93 bits per heavy atom. The van der Waals surface area contributed by atoms with Gasteiger partial charge < -0.3 is 4.74 Å². The van der Waals surface area contributed by atoms with Crippen molar-refractivity contribution in [3.8, 4) is 0 Å². The lowest BCUT2D eigenvalue weighted by atomic mass is 10.2. The predicted octanol–water partition coefficient (Wildman–Crippen LogP) is 2.11. The minimum atomic E-state index is -0.505. The van der Waals surface area contributed by atoms with Gasteiger partial charge in [0.05, 0.1) is 5.02 Å². The Hall–Kier alpha value is -1.29. The fourth-order valence-electron chi connectivity index (χ4n) is 0.889. The Morgan fingerprint density at radius 1 is 1.40 bits per heavy atom. The van der Waals surface area contributed by atoms with Gasteiger partial charge in [0.1, 0.15) is 5.60 Å². The first-order valence-electron chi connectivity index (χ1n) is 4.54. The van der Waals surface area contributed by atoms with Crippen LogP contribution in [0.15, 0.2) is 24.5 Å². The molecular formula is C10H14ClN2O2+. The van der Waals surface area contributed by atoms with Crippen LogP contribution in [0, 0.1) is 0 Å². The molecule has 1 N–H and O–H groups in total. The van der Waals surface area contributed by atoms with E-state index >= 15 is 0 Å². The van der Waals surface area contributed by atoms with E-state index < -0.39 is 11.7 Å². The monoisotopic (exact) mass is 229 g/mol. The molecule has 0 spiro atoms. The van der Waals surface area contributed by atoms with Crippen molar-refractivity contribution in [2.24, 2.45) is 0 Å². The van der Waals surface area contributed by atoms with Gasteiger partial charge in [-0.25, -0.2) is 4.79 Å². The standard InChI is InChI=1S/C10H13ClN2O2/c1-10(2,3)15-9(14)12-13-6-4-8(11)5-7-13/h4-7H,1-3H3/p+1. The van der Waals surface area contributed by atoms with Crippen molar-refractivity contribution in [3.63, 3.8) is 0 Å². The van der Waals surface area contributed by atoms with Crippen LogP contribution in [0.4, 0.5) is 4.79 Å². The van der Waals surface area contributed by atoms with E-state index in [1.807, 2.05) is 0 Å². The molecule has 5 heteroatoms. The minimum Gasteiger partial charge on any atom is -0.440 e. The summed E-state index contributed by atoms with van der Waals surface area (Å²) < 4.78 is 6.54. The maximum absolute atomic E-state index is 11.3. The zero-order valence-electron chi connectivity index (χ0n) is 8.95. The first kappa shape index (κ1) is 11.8. The minimum absolute atomic E-state index is 0.503. The van der Waals surface area contributed by atoms with E-state index in [-0.39, 0.29) is 0 Å². The van der Waals surface area contributed by atoms with Gasteiger partial charge in [0.15, 0.2) is 0 Å². The second kappa shape index (κ2) is 4.49. The van der Waals surface area contributed by atoms with Crippen LogP contribution in [0.1, 0.15) is 20.8 Å². The van der Waals surface area contributed by atoms with Crippen LogP contribution in [0.2, 0.25) is 5.02 Å². The fraction of sp³-hybridized carbons (Fsp3) is 0.400. The molecule has 1 rings (SSSR count). The molecule has 0 aliphatic heterocycles. The first-order chi connectivity index (χ1) is 6.87. The number of amides is 1. The average Bonchev–Trinajstić information content (AvgIpc) is 2.05. The van der Waals surface area contributed by atoms with Crippen LogP contribution in [-0.4, -0.2) is 11.7 Å².